The summed E-state index contributed by atoms with van der Waals surface area (Å²) in [6.07, 6.45) is 13.5. The fourth-order valence-electron chi connectivity index (χ4n) is 7.83. The van der Waals surface area contributed by atoms with E-state index in [4.69, 9.17) is 0 Å². The molecule has 3 fully saturated rings. The van der Waals surface area contributed by atoms with Gasteiger partial charge in [-0.25, -0.2) is 4.79 Å². The van der Waals surface area contributed by atoms with Crippen molar-refractivity contribution in [1.29, 1.82) is 0 Å². The van der Waals surface area contributed by atoms with Crippen molar-refractivity contribution in [1.82, 2.24) is 0 Å². The fraction of sp³-hybridized carbons (Fsp3) is 0.864. The number of fused-ring (bicyclic) bond motifs is 5. The number of allylic oxidation sites excluding steroid dienone is 1. The molecule has 3 saturated carbocycles. The number of carbonyl (C=O) groups is 1. The lowest BCUT2D eigenvalue weighted by Gasteiger charge is -2.60. The van der Waals surface area contributed by atoms with Crippen LogP contribution in [0.4, 0.5) is 0 Å². The van der Waals surface area contributed by atoms with E-state index in [1.807, 2.05) is 0 Å². The molecular weight excluding hydrogens is 296 g/mol. The average molecular weight is 331 g/mol. The zero-order chi connectivity index (χ0) is 17.1. The van der Waals surface area contributed by atoms with Crippen LogP contribution < -0.4 is 0 Å². The van der Waals surface area contributed by atoms with Crippen molar-refractivity contribution >= 4 is 5.97 Å². The molecule has 4 aliphatic carbocycles. The molecule has 0 saturated heterocycles. The maximum Gasteiger partial charge on any atom is 0.331 e. The molecule has 0 bridgehead atoms. The Morgan fingerprint density at radius 3 is 2.58 bits per heavy atom. The van der Waals surface area contributed by atoms with E-state index in [0.29, 0.717) is 22.3 Å². The van der Waals surface area contributed by atoms with E-state index in [0.717, 1.165) is 36.5 Å². The van der Waals surface area contributed by atoms with Crippen LogP contribution in [0.15, 0.2) is 11.6 Å². The van der Waals surface area contributed by atoms with E-state index in [1.165, 1.54) is 44.9 Å². The molecule has 1 unspecified atom stereocenters. The summed E-state index contributed by atoms with van der Waals surface area (Å²) in [5, 5.41) is 9.39. The summed E-state index contributed by atoms with van der Waals surface area (Å²) >= 11 is 0. The van der Waals surface area contributed by atoms with E-state index in [-0.39, 0.29) is 0 Å². The Kier molecular flexibility index (Phi) is 3.89. The second-order valence-corrected chi connectivity index (χ2v) is 9.83. The van der Waals surface area contributed by atoms with Crippen LogP contribution in [0, 0.1) is 40.4 Å². The maximum atomic E-state index is 11.4. The van der Waals surface area contributed by atoms with Gasteiger partial charge in [0, 0.05) is 5.57 Å². The van der Waals surface area contributed by atoms with E-state index in [9.17, 15) is 9.90 Å². The molecule has 0 aromatic carbocycles. The predicted octanol–water partition coefficient (Wildman–Crippen LogP) is 5.68. The summed E-state index contributed by atoms with van der Waals surface area (Å²) in [5.41, 5.74) is 1.63. The largest absolute Gasteiger partial charge is 0.478 e. The molecule has 2 nitrogen and oxygen atoms in total. The van der Waals surface area contributed by atoms with Crippen LogP contribution in [0.5, 0.6) is 0 Å². The van der Waals surface area contributed by atoms with Crippen molar-refractivity contribution in [3.05, 3.63) is 11.6 Å². The molecule has 1 N–H and O–H groups in total. The lowest BCUT2D eigenvalue weighted by atomic mass is 9.45. The van der Waals surface area contributed by atoms with E-state index in [2.05, 4.69) is 26.8 Å². The predicted molar refractivity (Wildman–Crippen MR) is 96.6 cm³/mol. The minimum absolute atomic E-state index is 0.355. The average Bonchev–Trinajstić information content (AvgIpc) is 2.90. The van der Waals surface area contributed by atoms with Crippen molar-refractivity contribution in [2.24, 2.45) is 40.4 Å². The van der Waals surface area contributed by atoms with E-state index in [1.54, 1.807) is 0 Å². The molecule has 0 radical (unpaired) electrons. The molecule has 0 spiro atoms. The van der Waals surface area contributed by atoms with Crippen LogP contribution in [0.3, 0.4) is 0 Å². The molecule has 0 amide bonds. The number of rotatable bonds is 2. The Morgan fingerprint density at radius 1 is 1.12 bits per heavy atom. The molecule has 2 heteroatoms. The van der Waals surface area contributed by atoms with Crippen LogP contribution in [-0.4, -0.2) is 11.1 Å². The lowest BCUT2D eigenvalue weighted by Crippen LogP contribution is -2.52. The molecular formula is C22H34O2. The lowest BCUT2D eigenvalue weighted by molar-refractivity contribution is -0.134. The number of carboxylic acid groups (broad SMARTS) is 1. The van der Waals surface area contributed by atoms with Gasteiger partial charge < -0.3 is 5.11 Å². The van der Waals surface area contributed by atoms with Crippen LogP contribution in [-0.2, 0) is 4.79 Å². The first-order valence-electron chi connectivity index (χ1n) is 10.3. The Bertz CT molecular complexity index is 564. The van der Waals surface area contributed by atoms with Gasteiger partial charge in [0.25, 0.3) is 0 Å². The van der Waals surface area contributed by atoms with Gasteiger partial charge in [-0.2, -0.15) is 0 Å². The van der Waals surface area contributed by atoms with Gasteiger partial charge in [-0.1, -0.05) is 33.3 Å². The van der Waals surface area contributed by atoms with Gasteiger partial charge in [-0.3, -0.25) is 0 Å². The number of aliphatic carboxylic acids is 1. The SMILES string of the molecule is CC[C@H]1CC[C@H]2[C@@H]3CCC4CC(C(=O)O)=CC[C@]4(C)[C@H]3CC[C@]12C. The summed E-state index contributed by atoms with van der Waals surface area (Å²) in [6.45, 7) is 7.49. The molecule has 0 aliphatic heterocycles. The first kappa shape index (κ1) is 16.7. The van der Waals surface area contributed by atoms with Gasteiger partial charge in [0.15, 0.2) is 0 Å². The van der Waals surface area contributed by atoms with Crippen LogP contribution in [0.1, 0.15) is 78.6 Å². The van der Waals surface area contributed by atoms with Crippen molar-refractivity contribution in [3.63, 3.8) is 0 Å². The third-order valence-electron chi connectivity index (χ3n) is 9.28. The first-order valence-corrected chi connectivity index (χ1v) is 10.3. The van der Waals surface area contributed by atoms with Gasteiger partial charge in [0.1, 0.15) is 0 Å². The number of hydrogen-bond donors (Lipinski definition) is 1. The third-order valence-corrected chi connectivity index (χ3v) is 9.28. The normalized spacial score (nSPS) is 50.5. The standard InChI is InChI=1S/C22H34O2/c1-4-15-6-8-18-17-7-5-16-13-14(20(23)24)9-11-22(16,3)19(17)10-12-21(15,18)2/h9,15-19H,4-8,10-13H2,1-3H3,(H,23,24)/t15-,16?,17-,18-,19-,21+,22-/m0/s1. The van der Waals surface area contributed by atoms with E-state index < -0.39 is 5.97 Å². The Balaban J connectivity index is 1.61. The van der Waals surface area contributed by atoms with Gasteiger partial charge in [-0.05, 0) is 91.8 Å². The summed E-state index contributed by atoms with van der Waals surface area (Å²) in [7, 11) is 0. The van der Waals surface area contributed by atoms with Crippen molar-refractivity contribution in [3.8, 4) is 0 Å². The van der Waals surface area contributed by atoms with Crippen LogP contribution in [0.2, 0.25) is 0 Å². The van der Waals surface area contributed by atoms with E-state index >= 15 is 0 Å². The van der Waals surface area contributed by atoms with Gasteiger partial charge >= 0.3 is 5.97 Å². The van der Waals surface area contributed by atoms with Crippen molar-refractivity contribution in [2.45, 2.75) is 78.6 Å². The van der Waals surface area contributed by atoms with Gasteiger partial charge in [0.05, 0.1) is 0 Å². The van der Waals surface area contributed by atoms with Gasteiger partial charge in [0.2, 0.25) is 0 Å². The molecule has 4 rings (SSSR count). The van der Waals surface area contributed by atoms with Crippen molar-refractivity contribution in [2.75, 3.05) is 0 Å². The summed E-state index contributed by atoms with van der Waals surface area (Å²) in [6, 6.07) is 0. The van der Waals surface area contributed by atoms with Crippen LogP contribution in [0.25, 0.3) is 0 Å². The number of hydrogen-bond acceptors (Lipinski definition) is 1. The molecule has 134 valence electrons. The highest BCUT2D eigenvalue weighted by molar-refractivity contribution is 5.86. The molecule has 0 aromatic rings. The Morgan fingerprint density at radius 2 is 1.88 bits per heavy atom. The molecule has 0 heterocycles. The summed E-state index contributed by atoms with van der Waals surface area (Å²) in [5.74, 6) is 3.53. The summed E-state index contributed by atoms with van der Waals surface area (Å²) < 4.78 is 0. The topological polar surface area (TPSA) is 37.3 Å². The smallest absolute Gasteiger partial charge is 0.331 e. The first-order chi connectivity index (χ1) is 11.4. The molecule has 4 aliphatic rings. The zero-order valence-electron chi connectivity index (χ0n) is 15.7. The Labute approximate surface area is 147 Å². The Hall–Kier alpha value is -0.790. The minimum Gasteiger partial charge on any atom is -0.478 e. The fourth-order valence-corrected chi connectivity index (χ4v) is 7.83. The molecule has 7 atom stereocenters. The minimum atomic E-state index is -0.683. The third kappa shape index (κ3) is 2.17. The summed E-state index contributed by atoms with van der Waals surface area (Å²) in [4.78, 5) is 11.4. The molecule has 24 heavy (non-hydrogen) atoms. The highest BCUT2D eigenvalue weighted by Gasteiger charge is 2.59. The highest BCUT2D eigenvalue weighted by Crippen LogP contribution is 2.67. The second kappa shape index (κ2) is 5.61. The number of carboxylic acids is 1. The van der Waals surface area contributed by atoms with Crippen LogP contribution >= 0.6 is 0 Å². The maximum absolute atomic E-state index is 11.4. The molecule has 0 aromatic heterocycles. The van der Waals surface area contributed by atoms with Crippen molar-refractivity contribution < 1.29 is 9.90 Å². The quantitative estimate of drug-likeness (QED) is 0.707. The monoisotopic (exact) mass is 330 g/mol. The highest BCUT2D eigenvalue weighted by atomic mass is 16.4. The van der Waals surface area contributed by atoms with Gasteiger partial charge in [-0.15, -0.1) is 0 Å². The second-order valence-electron chi connectivity index (χ2n) is 9.83. The zero-order valence-corrected chi connectivity index (χ0v) is 15.7.